The first-order chi connectivity index (χ1) is 13.6. The minimum Gasteiger partial charge on any atom is -0.493 e. The van der Waals surface area contributed by atoms with Crippen LogP contribution in [0, 0.1) is 0 Å². The molecule has 160 valence electrons. The van der Waals surface area contributed by atoms with E-state index in [1.165, 1.54) is 5.56 Å². The highest BCUT2D eigenvalue weighted by atomic mass is 127. The summed E-state index contributed by atoms with van der Waals surface area (Å²) in [5.74, 6) is 3.26. The zero-order chi connectivity index (χ0) is 20.1. The number of guanidine groups is 1. The summed E-state index contributed by atoms with van der Waals surface area (Å²) < 4.78 is 18.2. The zero-order valence-corrected chi connectivity index (χ0v) is 20.0. The second kappa shape index (κ2) is 10.6. The molecule has 3 rings (SSSR count). The summed E-state index contributed by atoms with van der Waals surface area (Å²) in [6.45, 7) is 2.46. The van der Waals surface area contributed by atoms with Crippen LogP contribution in [0.4, 0.5) is 0 Å². The Morgan fingerprint density at radius 2 is 1.97 bits per heavy atom. The van der Waals surface area contributed by atoms with Gasteiger partial charge in [-0.05, 0) is 24.1 Å². The molecule has 0 aliphatic carbocycles. The van der Waals surface area contributed by atoms with Crippen LogP contribution in [0.5, 0.6) is 17.2 Å². The summed E-state index contributed by atoms with van der Waals surface area (Å²) in [5, 5.41) is 7.74. The average molecular weight is 515 g/mol. The second-order valence-electron chi connectivity index (χ2n) is 6.77. The Kier molecular flexibility index (Phi) is 8.42. The van der Waals surface area contributed by atoms with Gasteiger partial charge < -0.3 is 24.4 Å². The molecule has 0 amide bonds. The van der Waals surface area contributed by atoms with Crippen molar-refractivity contribution in [1.29, 1.82) is 0 Å². The molecule has 1 aromatic heterocycles. The van der Waals surface area contributed by atoms with E-state index < -0.39 is 0 Å². The lowest BCUT2D eigenvalue weighted by Gasteiger charge is -2.22. The monoisotopic (exact) mass is 515 g/mol. The number of aliphatic imine (C=N–C) groups is 1. The van der Waals surface area contributed by atoms with Gasteiger partial charge in [-0.25, -0.2) is 0 Å². The van der Waals surface area contributed by atoms with Crippen LogP contribution in [0.3, 0.4) is 0 Å². The van der Waals surface area contributed by atoms with E-state index in [0.29, 0.717) is 29.7 Å². The number of likely N-dealkylation sites (tertiary alicyclic amines) is 1. The van der Waals surface area contributed by atoms with Crippen LogP contribution in [-0.2, 0) is 13.6 Å². The molecule has 1 aliphatic rings. The first-order valence-electron chi connectivity index (χ1n) is 9.33. The van der Waals surface area contributed by atoms with E-state index in [4.69, 9.17) is 14.2 Å². The van der Waals surface area contributed by atoms with Crippen molar-refractivity contribution < 1.29 is 14.2 Å². The fourth-order valence-electron chi connectivity index (χ4n) is 3.68. The summed E-state index contributed by atoms with van der Waals surface area (Å²) >= 11 is 0. The molecule has 1 N–H and O–H groups in total. The maximum Gasteiger partial charge on any atom is 0.203 e. The van der Waals surface area contributed by atoms with E-state index in [1.54, 1.807) is 21.3 Å². The van der Waals surface area contributed by atoms with Gasteiger partial charge >= 0.3 is 0 Å². The lowest BCUT2D eigenvalue weighted by Crippen LogP contribution is -2.39. The first-order valence-corrected chi connectivity index (χ1v) is 9.33. The van der Waals surface area contributed by atoms with Crippen LogP contribution < -0.4 is 19.5 Å². The zero-order valence-electron chi connectivity index (χ0n) is 17.6. The fourth-order valence-corrected chi connectivity index (χ4v) is 3.68. The number of ether oxygens (including phenoxy) is 3. The van der Waals surface area contributed by atoms with Crippen LogP contribution in [0.15, 0.2) is 29.5 Å². The van der Waals surface area contributed by atoms with Crippen molar-refractivity contribution in [2.75, 3.05) is 41.5 Å². The fraction of sp³-hybridized carbons (Fsp3) is 0.500. The first kappa shape index (κ1) is 23.1. The van der Waals surface area contributed by atoms with Gasteiger partial charge in [0.05, 0.1) is 27.5 Å². The van der Waals surface area contributed by atoms with Gasteiger partial charge in [-0.3, -0.25) is 9.67 Å². The summed E-state index contributed by atoms with van der Waals surface area (Å²) in [4.78, 5) is 6.75. The van der Waals surface area contributed by atoms with Crippen molar-refractivity contribution in [3.8, 4) is 17.2 Å². The number of hydrogen-bond donors (Lipinski definition) is 1. The lowest BCUT2D eigenvalue weighted by molar-refractivity contribution is 0.322. The molecule has 0 bridgehead atoms. The third-order valence-corrected chi connectivity index (χ3v) is 5.12. The van der Waals surface area contributed by atoms with Gasteiger partial charge in [0, 0.05) is 51.4 Å². The number of methoxy groups -OCH3 is 3. The van der Waals surface area contributed by atoms with E-state index in [0.717, 1.165) is 31.0 Å². The maximum atomic E-state index is 5.57. The van der Waals surface area contributed by atoms with Gasteiger partial charge in [0.25, 0.3) is 0 Å². The molecule has 1 aliphatic heterocycles. The number of halogens is 1. The van der Waals surface area contributed by atoms with Crippen LogP contribution in [0.25, 0.3) is 0 Å². The van der Waals surface area contributed by atoms with Crippen molar-refractivity contribution in [3.63, 3.8) is 0 Å². The van der Waals surface area contributed by atoms with E-state index in [9.17, 15) is 0 Å². The third-order valence-electron chi connectivity index (χ3n) is 5.12. The Labute approximate surface area is 189 Å². The summed E-state index contributed by atoms with van der Waals surface area (Å²) in [6.07, 6.45) is 5.14. The molecular formula is C20H30IN5O3. The van der Waals surface area contributed by atoms with Gasteiger partial charge in [-0.15, -0.1) is 24.0 Å². The molecule has 9 heteroatoms. The average Bonchev–Trinajstić information content (AvgIpc) is 3.37. The number of aryl methyl sites for hydroxylation is 1. The molecule has 0 spiro atoms. The summed E-state index contributed by atoms with van der Waals surface area (Å²) in [5.41, 5.74) is 2.26. The number of aromatic nitrogens is 2. The molecule has 2 heterocycles. The topological polar surface area (TPSA) is 73.1 Å². The third kappa shape index (κ3) is 5.06. The molecule has 1 saturated heterocycles. The van der Waals surface area contributed by atoms with Gasteiger partial charge in [-0.1, -0.05) is 0 Å². The normalized spacial score (nSPS) is 16.4. The number of nitrogens with one attached hydrogen (secondary N) is 1. The van der Waals surface area contributed by atoms with Crippen molar-refractivity contribution in [2.45, 2.75) is 18.9 Å². The minimum atomic E-state index is 0. The van der Waals surface area contributed by atoms with Crippen molar-refractivity contribution >= 4 is 29.9 Å². The van der Waals surface area contributed by atoms with E-state index in [-0.39, 0.29) is 24.0 Å². The van der Waals surface area contributed by atoms with Gasteiger partial charge in [0.15, 0.2) is 17.5 Å². The summed E-state index contributed by atoms with van der Waals surface area (Å²) in [6, 6.07) is 3.86. The Bertz CT molecular complexity index is 840. The Morgan fingerprint density at radius 1 is 1.21 bits per heavy atom. The molecule has 1 unspecified atom stereocenters. The Balaban J connectivity index is 0.00000300. The molecule has 1 fully saturated rings. The SMILES string of the molecule is CN=C(NCc1ccc(OC)c(OC)c1OC)N1CCC(c2cnn(C)c2)C1.I. The van der Waals surface area contributed by atoms with E-state index >= 15 is 0 Å². The van der Waals surface area contributed by atoms with E-state index in [2.05, 4.69) is 26.5 Å². The number of benzene rings is 1. The van der Waals surface area contributed by atoms with Crippen LogP contribution >= 0.6 is 24.0 Å². The molecule has 29 heavy (non-hydrogen) atoms. The smallest absolute Gasteiger partial charge is 0.203 e. The number of rotatable bonds is 6. The molecule has 2 aromatic rings. The predicted octanol–water partition coefficient (Wildman–Crippen LogP) is 2.63. The predicted molar refractivity (Wildman–Crippen MR) is 124 cm³/mol. The van der Waals surface area contributed by atoms with Crippen LogP contribution in [0.2, 0.25) is 0 Å². The highest BCUT2D eigenvalue weighted by molar-refractivity contribution is 14.0. The van der Waals surface area contributed by atoms with Crippen LogP contribution in [-0.4, -0.2) is 62.1 Å². The van der Waals surface area contributed by atoms with Crippen LogP contribution in [0.1, 0.15) is 23.5 Å². The maximum absolute atomic E-state index is 5.57. The molecule has 1 aromatic carbocycles. The quantitative estimate of drug-likeness (QED) is 0.363. The summed E-state index contributed by atoms with van der Waals surface area (Å²) in [7, 11) is 8.62. The second-order valence-corrected chi connectivity index (χ2v) is 6.77. The standard InChI is InChI=1S/C20H29N5O3.HI/c1-21-20(25-9-8-15(13-25)16-11-23-24(2)12-16)22-10-14-6-7-17(26-3)19(28-5)18(14)27-4;/h6-7,11-12,15H,8-10,13H2,1-5H3,(H,21,22);1H. The van der Waals surface area contributed by atoms with Gasteiger partial charge in [0.1, 0.15) is 0 Å². The highest BCUT2D eigenvalue weighted by Gasteiger charge is 2.27. The van der Waals surface area contributed by atoms with Crippen molar-refractivity contribution in [1.82, 2.24) is 20.0 Å². The molecule has 8 nitrogen and oxygen atoms in total. The Hall–Kier alpha value is -2.17. The molecule has 0 radical (unpaired) electrons. The van der Waals surface area contributed by atoms with Gasteiger partial charge in [-0.2, -0.15) is 5.10 Å². The Morgan fingerprint density at radius 3 is 2.55 bits per heavy atom. The van der Waals surface area contributed by atoms with Gasteiger partial charge in [0.2, 0.25) is 5.75 Å². The van der Waals surface area contributed by atoms with Crippen molar-refractivity contribution in [2.24, 2.45) is 12.0 Å². The van der Waals surface area contributed by atoms with E-state index in [1.807, 2.05) is 37.1 Å². The van der Waals surface area contributed by atoms with Crippen molar-refractivity contribution in [3.05, 3.63) is 35.7 Å². The largest absolute Gasteiger partial charge is 0.493 e. The molecule has 0 saturated carbocycles. The number of nitrogens with zero attached hydrogens (tertiary/aromatic N) is 4. The lowest BCUT2D eigenvalue weighted by atomic mass is 10.0. The minimum absolute atomic E-state index is 0. The molecule has 1 atom stereocenters. The highest BCUT2D eigenvalue weighted by Crippen LogP contribution is 2.39. The molecular weight excluding hydrogens is 485 g/mol. The number of hydrogen-bond acceptors (Lipinski definition) is 5.